The molecule has 0 aromatic rings. The summed E-state index contributed by atoms with van der Waals surface area (Å²) >= 11 is 0. The van der Waals surface area contributed by atoms with Gasteiger partial charge in [-0.1, -0.05) is 0 Å². The molecule has 0 spiro atoms. The van der Waals surface area contributed by atoms with E-state index < -0.39 is 57.8 Å². The van der Waals surface area contributed by atoms with Crippen LogP contribution >= 0.6 is 0 Å². The Hall–Kier alpha value is -0.853. The maximum absolute atomic E-state index is 13.5. The minimum atomic E-state index is -7.92. The summed E-state index contributed by atoms with van der Waals surface area (Å²) in [5.74, 6) is -37.1. The van der Waals surface area contributed by atoms with Crippen LogP contribution in [-0.2, 0) is 18.0 Å². The molecule has 0 rings (SSSR count). The van der Waals surface area contributed by atoms with Crippen molar-refractivity contribution in [1.29, 1.82) is 0 Å². The van der Waals surface area contributed by atoms with Crippen molar-refractivity contribution in [2.24, 2.45) is 0 Å². The predicted octanol–water partition coefficient (Wildman–Crippen LogP) is 5.01. The van der Waals surface area contributed by atoms with E-state index in [9.17, 15) is 57.1 Å². The van der Waals surface area contributed by atoms with Gasteiger partial charge in [-0.05, 0) is 6.42 Å². The van der Waals surface area contributed by atoms with Crippen molar-refractivity contribution in [3.63, 3.8) is 0 Å². The van der Waals surface area contributed by atoms with Gasteiger partial charge in [0.05, 0.1) is 0 Å². The van der Waals surface area contributed by atoms with Gasteiger partial charge < -0.3 is 18.0 Å². The van der Waals surface area contributed by atoms with E-state index in [1.54, 1.807) is 0 Å². The van der Waals surface area contributed by atoms with Gasteiger partial charge in [0.15, 0.2) is 0 Å². The van der Waals surface area contributed by atoms with Gasteiger partial charge in [0.1, 0.15) is 6.61 Å². The van der Waals surface area contributed by atoms with Crippen LogP contribution in [0, 0.1) is 0 Å². The number of ether oxygens (including phenoxy) is 1. The first-order valence-electron chi connectivity index (χ1n) is 7.83. The molecular formula is C13H17F13O4Si. The van der Waals surface area contributed by atoms with Crippen LogP contribution in [-0.4, -0.2) is 79.1 Å². The average molecular weight is 512 g/mol. The van der Waals surface area contributed by atoms with Gasteiger partial charge in [0.2, 0.25) is 0 Å². The zero-order chi connectivity index (χ0) is 25.2. The SMILES string of the molecule is CO[Si](CCCOCC(F)(F)C(F)(F)C(F)(F)C(F)(F)C(F)(F)C(F)(F)F)(OC)OC. The zero-order valence-corrected chi connectivity index (χ0v) is 16.9. The summed E-state index contributed by atoms with van der Waals surface area (Å²) in [6.07, 6.45) is -7.76. The summed E-state index contributed by atoms with van der Waals surface area (Å²) in [4.78, 5) is 0. The van der Waals surface area contributed by atoms with Gasteiger partial charge in [-0.3, -0.25) is 0 Å². The van der Waals surface area contributed by atoms with Gasteiger partial charge in [-0.25, -0.2) is 0 Å². The smallest absolute Gasteiger partial charge is 0.377 e. The monoisotopic (exact) mass is 512 g/mol. The van der Waals surface area contributed by atoms with Crippen molar-refractivity contribution in [1.82, 2.24) is 0 Å². The highest BCUT2D eigenvalue weighted by Gasteiger charge is 2.90. The van der Waals surface area contributed by atoms with E-state index in [4.69, 9.17) is 13.3 Å². The Labute approximate surface area is 167 Å². The molecule has 0 saturated carbocycles. The van der Waals surface area contributed by atoms with Crippen LogP contribution in [0.3, 0.4) is 0 Å². The Balaban J connectivity index is 5.42. The van der Waals surface area contributed by atoms with Crippen molar-refractivity contribution >= 4 is 8.80 Å². The zero-order valence-electron chi connectivity index (χ0n) is 15.9. The molecule has 0 aliphatic heterocycles. The van der Waals surface area contributed by atoms with E-state index in [2.05, 4.69) is 4.74 Å². The lowest BCUT2D eigenvalue weighted by Crippen LogP contribution is -2.70. The lowest BCUT2D eigenvalue weighted by molar-refractivity contribution is -0.441. The molecule has 0 aliphatic rings. The van der Waals surface area contributed by atoms with E-state index in [1.807, 2.05) is 0 Å². The number of hydrogen-bond donors (Lipinski definition) is 0. The summed E-state index contributed by atoms with van der Waals surface area (Å²) in [6.45, 7) is -3.60. The lowest BCUT2D eigenvalue weighted by Gasteiger charge is -2.39. The molecule has 0 amide bonds. The van der Waals surface area contributed by atoms with Gasteiger partial charge in [-0.15, -0.1) is 0 Å². The van der Waals surface area contributed by atoms with Crippen LogP contribution in [0.5, 0.6) is 0 Å². The van der Waals surface area contributed by atoms with E-state index in [-0.39, 0.29) is 12.5 Å². The topological polar surface area (TPSA) is 36.9 Å². The second kappa shape index (κ2) is 9.56. The third-order valence-electron chi connectivity index (χ3n) is 3.99. The van der Waals surface area contributed by atoms with Crippen molar-refractivity contribution in [2.75, 3.05) is 34.5 Å². The van der Waals surface area contributed by atoms with Crippen LogP contribution in [0.25, 0.3) is 0 Å². The standard InChI is InChI=1S/C13H17F13O4Si/c1-27-31(28-2,29-3)6-4-5-30-7-8(14,15)9(16,17)10(18,19)11(20,21)12(22,23)13(24,25)26/h4-7H2,1-3H3. The fourth-order valence-corrected chi connectivity index (χ4v) is 3.73. The number of hydrogen-bond acceptors (Lipinski definition) is 4. The Morgan fingerprint density at radius 3 is 1.32 bits per heavy atom. The second-order valence-electron chi connectivity index (χ2n) is 5.95. The van der Waals surface area contributed by atoms with Gasteiger partial charge in [0, 0.05) is 34.0 Å². The minimum Gasteiger partial charge on any atom is -0.377 e. The van der Waals surface area contributed by atoms with Crippen LogP contribution in [0.4, 0.5) is 57.1 Å². The summed E-state index contributed by atoms with van der Waals surface area (Å²) < 4.78 is 187. The van der Waals surface area contributed by atoms with Crippen molar-refractivity contribution in [3.05, 3.63) is 0 Å². The first kappa shape index (κ1) is 30.1. The first-order valence-corrected chi connectivity index (χ1v) is 9.76. The molecule has 0 atom stereocenters. The molecule has 0 aromatic carbocycles. The molecule has 0 heterocycles. The Morgan fingerprint density at radius 2 is 0.968 bits per heavy atom. The largest absolute Gasteiger partial charge is 0.500 e. The number of alkyl halides is 13. The molecular weight excluding hydrogens is 495 g/mol. The maximum Gasteiger partial charge on any atom is 0.500 e. The Kier molecular flexibility index (Phi) is 9.30. The third-order valence-corrected chi connectivity index (χ3v) is 6.82. The molecule has 18 heteroatoms. The Morgan fingerprint density at radius 1 is 0.581 bits per heavy atom. The highest BCUT2D eigenvalue weighted by Crippen LogP contribution is 2.60. The van der Waals surface area contributed by atoms with Crippen molar-refractivity contribution < 1.29 is 75.1 Å². The second-order valence-corrected chi connectivity index (χ2v) is 9.04. The van der Waals surface area contributed by atoms with Crippen molar-refractivity contribution in [2.45, 2.75) is 48.3 Å². The molecule has 0 radical (unpaired) electrons. The Bertz CT molecular complexity index is 570. The molecule has 0 aromatic heterocycles. The molecule has 0 aliphatic carbocycles. The molecule has 0 unspecified atom stereocenters. The van der Waals surface area contributed by atoms with E-state index in [0.29, 0.717) is 0 Å². The average Bonchev–Trinajstić information content (AvgIpc) is 2.63. The molecule has 4 nitrogen and oxygen atoms in total. The van der Waals surface area contributed by atoms with Gasteiger partial charge in [-0.2, -0.15) is 57.1 Å². The lowest BCUT2D eigenvalue weighted by atomic mass is 9.94. The fourth-order valence-electron chi connectivity index (χ4n) is 2.04. The maximum atomic E-state index is 13.5. The summed E-state index contributed by atoms with van der Waals surface area (Å²) in [6, 6.07) is -0.162. The number of rotatable bonds is 13. The van der Waals surface area contributed by atoms with Crippen LogP contribution in [0.2, 0.25) is 6.04 Å². The van der Waals surface area contributed by atoms with Crippen LogP contribution < -0.4 is 0 Å². The van der Waals surface area contributed by atoms with Gasteiger partial charge >= 0.3 is 44.6 Å². The van der Waals surface area contributed by atoms with Crippen LogP contribution in [0.15, 0.2) is 0 Å². The molecule has 188 valence electrons. The minimum absolute atomic E-state index is 0.162. The van der Waals surface area contributed by atoms with E-state index in [0.717, 1.165) is 21.3 Å². The first-order chi connectivity index (χ1) is 13.6. The van der Waals surface area contributed by atoms with Crippen molar-refractivity contribution in [3.8, 4) is 0 Å². The summed E-state index contributed by atoms with van der Waals surface area (Å²) in [5, 5.41) is 0. The quantitative estimate of drug-likeness (QED) is 0.198. The van der Waals surface area contributed by atoms with E-state index >= 15 is 0 Å². The predicted molar refractivity (Wildman–Crippen MR) is 77.8 cm³/mol. The molecule has 0 bridgehead atoms. The molecule has 31 heavy (non-hydrogen) atoms. The molecule has 0 N–H and O–H groups in total. The number of halogens is 13. The summed E-state index contributed by atoms with van der Waals surface area (Å²) in [7, 11) is 0.171. The normalized spacial score (nSPS) is 15.5. The summed E-state index contributed by atoms with van der Waals surface area (Å²) in [5.41, 5.74) is 0. The van der Waals surface area contributed by atoms with E-state index in [1.165, 1.54) is 0 Å². The highest BCUT2D eigenvalue weighted by molar-refractivity contribution is 6.60. The highest BCUT2D eigenvalue weighted by atomic mass is 28.4. The molecule has 0 fully saturated rings. The van der Waals surface area contributed by atoms with Gasteiger partial charge in [0.25, 0.3) is 0 Å². The van der Waals surface area contributed by atoms with Crippen LogP contribution in [0.1, 0.15) is 6.42 Å². The fraction of sp³-hybridized carbons (Fsp3) is 1.00. The third kappa shape index (κ3) is 5.39. The molecule has 0 saturated heterocycles.